The van der Waals surface area contributed by atoms with E-state index in [1.165, 1.54) is 28.6 Å². The second kappa shape index (κ2) is 9.76. The Bertz CT molecular complexity index is 1110. The number of aromatic carboxylic acids is 1. The second-order valence-electron chi connectivity index (χ2n) is 7.40. The van der Waals surface area contributed by atoms with Crippen molar-refractivity contribution >= 4 is 16.0 Å². The summed E-state index contributed by atoms with van der Waals surface area (Å²) in [6.45, 7) is 4.24. The quantitative estimate of drug-likeness (QED) is 0.528. The topological polar surface area (TPSA) is 83.9 Å². The molecule has 0 radical (unpaired) electrons. The van der Waals surface area contributed by atoms with Crippen molar-refractivity contribution in [1.29, 1.82) is 0 Å². The minimum absolute atomic E-state index is 0.0364. The number of carboxylic acid groups (broad SMARTS) is 1. The van der Waals surface area contributed by atoms with Crippen molar-refractivity contribution in [3.63, 3.8) is 0 Å². The number of nitrogens with zero attached hydrogens (tertiary/aromatic N) is 1. The van der Waals surface area contributed by atoms with Gasteiger partial charge in [-0.2, -0.15) is 4.31 Å². The highest BCUT2D eigenvalue weighted by Crippen LogP contribution is 2.23. The van der Waals surface area contributed by atoms with Crippen molar-refractivity contribution in [3.8, 4) is 5.75 Å². The van der Waals surface area contributed by atoms with E-state index in [1.807, 2.05) is 68.4 Å². The van der Waals surface area contributed by atoms with Crippen molar-refractivity contribution in [2.45, 2.75) is 37.9 Å². The van der Waals surface area contributed by atoms with Gasteiger partial charge >= 0.3 is 5.97 Å². The zero-order valence-electron chi connectivity index (χ0n) is 17.4. The van der Waals surface area contributed by atoms with E-state index in [1.54, 1.807) is 0 Å². The normalized spacial score (nSPS) is 11.6. The van der Waals surface area contributed by atoms with Gasteiger partial charge in [0.15, 0.2) is 0 Å². The van der Waals surface area contributed by atoms with Crippen LogP contribution < -0.4 is 4.74 Å². The molecule has 0 saturated carbocycles. The van der Waals surface area contributed by atoms with Crippen LogP contribution in [-0.2, 0) is 23.1 Å². The summed E-state index contributed by atoms with van der Waals surface area (Å²) in [4.78, 5) is 11.2. The van der Waals surface area contributed by atoms with Crippen molar-refractivity contribution in [3.05, 3.63) is 95.6 Å². The Balaban J connectivity index is 1.90. The van der Waals surface area contributed by atoms with E-state index in [-0.39, 0.29) is 29.7 Å². The van der Waals surface area contributed by atoms with Crippen molar-refractivity contribution < 1.29 is 23.1 Å². The Labute approximate surface area is 182 Å². The first-order valence-corrected chi connectivity index (χ1v) is 11.3. The van der Waals surface area contributed by atoms with Crippen LogP contribution in [0, 0.1) is 0 Å². The maximum Gasteiger partial charge on any atom is 0.335 e. The van der Waals surface area contributed by atoms with Gasteiger partial charge in [-0.3, -0.25) is 0 Å². The van der Waals surface area contributed by atoms with Gasteiger partial charge in [0.05, 0.1) is 16.6 Å². The molecular formula is C24H25NO5S. The zero-order valence-corrected chi connectivity index (χ0v) is 18.2. The predicted molar refractivity (Wildman–Crippen MR) is 118 cm³/mol. The lowest BCUT2D eigenvalue weighted by molar-refractivity contribution is 0.0696. The smallest absolute Gasteiger partial charge is 0.335 e. The maximum absolute atomic E-state index is 13.4. The van der Waals surface area contributed by atoms with Crippen LogP contribution in [0.2, 0.25) is 0 Å². The molecule has 7 heteroatoms. The van der Waals surface area contributed by atoms with Gasteiger partial charge in [0.25, 0.3) is 0 Å². The lowest BCUT2D eigenvalue weighted by Gasteiger charge is -2.23. The number of hydrogen-bond donors (Lipinski definition) is 1. The molecule has 0 saturated heterocycles. The molecule has 0 amide bonds. The molecule has 3 aromatic carbocycles. The molecule has 0 heterocycles. The number of benzene rings is 3. The Hall–Kier alpha value is -3.16. The van der Waals surface area contributed by atoms with E-state index < -0.39 is 16.0 Å². The Morgan fingerprint density at radius 1 is 0.871 bits per heavy atom. The predicted octanol–water partition coefficient (Wildman–Crippen LogP) is 4.56. The van der Waals surface area contributed by atoms with Crippen LogP contribution in [0.4, 0.5) is 0 Å². The van der Waals surface area contributed by atoms with Crippen molar-refractivity contribution in [1.82, 2.24) is 4.31 Å². The van der Waals surface area contributed by atoms with E-state index in [4.69, 9.17) is 9.84 Å². The maximum atomic E-state index is 13.4. The number of rotatable bonds is 9. The van der Waals surface area contributed by atoms with Crippen LogP contribution in [0.5, 0.6) is 5.75 Å². The zero-order chi connectivity index (χ0) is 22.4. The SMILES string of the molecule is CC(C)Oc1ccc(CN(Cc2ccccc2)S(=O)(=O)c2ccc(C(=O)O)cc2)cc1. The van der Waals surface area contributed by atoms with Gasteiger partial charge in [-0.1, -0.05) is 42.5 Å². The molecule has 3 aromatic rings. The van der Waals surface area contributed by atoms with Crippen LogP contribution in [0.3, 0.4) is 0 Å². The minimum atomic E-state index is -3.86. The molecule has 1 N–H and O–H groups in total. The fourth-order valence-corrected chi connectivity index (χ4v) is 4.50. The summed E-state index contributed by atoms with van der Waals surface area (Å²) in [5, 5.41) is 9.08. The van der Waals surface area contributed by atoms with Gasteiger partial charge in [0, 0.05) is 13.1 Å². The Morgan fingerprint density at radius 2 is 1.42 bits per heavy atom. The van der Waals surface area contributed by atoms with Crippen molar-refractivity contribution in [2.75, 3.05) is 0 Å². The molecule has 0 fully saturated rings. The fourth-order valence-electron chi connectivity index (χ4n) is 3.08. The molecule has 0 aromatic heterocycles. The Kier molecular flexibility index (Phi) is 7.09. The number of carbonyl (C=O) groups is 1. The minimum Gasteiger partial charge on any atom is -0.491 e. The molecule has 6 nitrogen and oxygen atoms in total. The molecule has 3 rings (SSSR count). The monoisotopic (exact) mass is 439 g/mol. The third-order valence-corrected chi connectivity index (χ3v) is 6.40. The van der Waals surface area contributed by atoms with E-state index in [2.05, 4.69) is 0 Å². The van der Waals surface area contributed by atoms with Crippen molar-refractivity contribution in [2.24, 2.45) is 0 Å². The molecule has 0 aliphatic rings. The molecule has 31 heavy (non-hydrogen) atoms. The van der Waals surface area contributed by atoms with E-state index in [0.717, 1.165) is 16.9 Å². The molecule has 0 spiro atoms. The molecule has 0 atom stereocenters. The first-order chi connectivity index (χ1) is 14.8. The lowest BCUT2D eigenvalue weighted by Crippen LogP contribution is -2.30. The van der Waals surface area contributed by atoms with Gasteiger partial charge in [-0.15, -0.1) is 0 Å². The average Bonchev–Trinajstić information content (AvgIpc) is 2.75. The Morgan fingerprint density at radius 3 is 1.94 bits per heavy atom. The largest absolute Gasteiger partial charge is 0.491 e. The molecule has 0 unspecified atom stereocenters. The van der Waals surface area contributed by atoms with Crippen LogP contribution in [0.15, 0.2) is 83.8 Å². The van der Waals surface area contributed by atoms with Crippen LogP contribution in [0.25, 0.3) is 0 Å². The summed E-state index contributed by atoms with van der Waals surface area (Å²) in [6.07, 6.45) is 0.0505. The van der Waals surface area contributed by atoms with Crippen LogP contribution in [0.1, 0.15) is 35.3 Å². The summed E-state index contributed by atoms with van der Waals surface area (Å²) < 4.78 is 33.8. The van der Waals surface area contributed by atoms with Gasteiger partial charge in [0.2, 0.25) is 10.0 Å². The van der Waals surface area contributed by atoms with Gasteiger partial charge in [-0.05, 0) is 61.4 Å². The van der Waals surface area contributed by atoms with Crippen LogP contribution >= 0.6 is 0 Å². The number of ether oxygens (including phenoxy) is 1. The van der Waals surface area contributed by atoms with E-state index in [9.17, 15) is 13.2 Å². The summed E-state index contributed by atoms with van der Waals surface area (Å²) in [7, 11) is -3.86. The first-order valence-electron chi connectivity index (χ1n) is 9.89. The first kappa shape index (κ1) is 22.5. The van der Waals surface area contributed by atoms with Crippen LogP contribution in [-0.4, -0.2) is 29.9 Å². The van der Waals surface area contributed by atoms with Gasteiger partial charge in [0.1, 0.15) is 5.75 Å². The summed E-state index contributed by atoms with van der Waals surface area (Å²) in [6, 6.07) is 21.9. The molecule has 0 aliphatic carbocycles. The number of hydrogen-bond acceptors (Lipinski definition) is 4. The number of carboxylic acids is 1. The van der Waals surface area contributed by atoms with E-state index >= 15 is 0 Å². The third-order valence-electron chi connectivity index (χ3n) is 4.59. The highest BCUT2D eigenvalue weighted by molar-refractivity contribution is 7.89. The molecular weight excluding hydrogens is 414 g/mol. The third kappa shape index (κ3) is 5.93. The summed E-state index contributed by atoms with van der Waals surface area (Å²) in [5.74, 6) is -0.380. The molecule has 162 valence electrons. The standard InChI is InChI=1S/C24H25NO5S/c1-18(2)30-22-12-8-20(9-13-22)17-25(16-19-6-4-3-5-7-19)31(28,29)23-14-10-21(11-15-23)24(26)27/h3-15,18H,16-17H2,1-2H3,(H,26,27). The second-order valence-corrected chi connectivity index (χ2v) is 9.34. The lowest BCUT2D eigenvalue weighted by atomic mass is 10.2. The summed E-state index contributed by atoms with van der Waals surface area (Å²) >= 11 is 0. The molecule has 0 aliphatic heterocycles. The summed E-state index contributed by atoms with van der Waals surface area (Å²) in [5.41, 5.74) is 1.71. The van der Waals surface area contributed by atoms with E-state index in [0.29, 0.717) is 0 Å². The average molecular weight is 440 g/mol. The highest BCUT2D eigenvalue weighted by Gasteiger charge is 2.25. The van der Waals surface area contributed by atoms with Gasteiger partial charge < -0.3 is 9.84 Å². The molecule has 0 bridgehead atoms. The van der Waals surface area contributed by atoms with Gasteiger partial charge in [-0.25, -0.2) is 13.2 Å². The number of sulfonamides is 1. The highest BCUT2D eigenvalue weighted by atomic mass is 32.2. The fraction of sp³-hybridized carbons (Fsp3) is 0.208.